The SMILES string of the molecule is CC1CC(C)CN(C(=O)C(C)Sc2n[nH]c(-c3cccs3)n2)C1. The first-order valence-corrected chi connectivity index (χ1v) is 9.70. The molecule has 1 aliphatic rings. The summed E-state index contributed by atoms with van der Waals surface area (Å²) in [5.41, 5.74) is 0. The zero-order chi connectivity index (χ0) is 16.4. The molecule has 1 aliphatic heterocycles. The van der Waals surface area contributed by atoms with Crippen molar-refractivity contribution in [3.05, 3.63) is 17.5 Å². The number of likely N-dealkylation sites (tertiary alicyclic amines) is 1. The number of rotatable bonds is 4. The number of nitrogens with zero attached hydrogens (tertiary/aromatic N) is 3. The Bertz CT molecular complexity index is 645. The largest absolute Gasteiger partial charge is 0.341 e. The Morgan fingerprint density at radius 3 is 2.83 bits per heavy atom. The second-order valence-corrected chi connectivity index (χ2v) is 8.65. The highest BCUT2D eigenvalue weighted by molar-refractivity contribution is 8.00. The molecule has 7 heteroatoms. The van der Waals surface area contributed by atoms with E-state index in [0.717, 1.165) is 23.8 Å². The van der Waals surface area contributed by atoms with Crippen LogP contribution in [-0.4, -0.2) is 44.3 Å². The number of hydrogen-bond donors (Lipinski definition) is 1. The first-order chi connectivity index (χ1) is 11.0. The van der Waals surface area contributed by atoms with Crippen molar-refractivity contribution < 1.29 is 4.79 Å². The number of aromatic amines is 1. The lowest BCUT2D eigenvalue weighted by molar-refractivity contribution is -0.132. The Hall–Kier alpha value is -1.34. The smallest absolute Gasteiger partial charge is 0.235 e. The van der Waals surface area contributed by atoms with Crippen LogP contribution >= 0.6 is 23.1 Å². The van der Waals surface area contributed by atoms with Crippen molar-refractivity contribution in [2.45, 2.75) is 37.6 Å². The second kappa shape index (κ2) is 7.05. The monoisotopic (exact) mass is 350 g/mol. The molecular weight excluding hydrogens is 328 g/mol. The van der Waals surface area contributed by atoms with E-state index in [9.17, 15) is 4.79 Å². The summed E-state index contributed by atoms with van der Waals surface area (Å²) in [7, 11) is 0. The van der Waals surface area contributed by atoms with Gasteiger partial charge in [-0.05, 0) is 36.6 Å². The maximum Gasteiger partial charge on any atom is 0.235 e. The van der Waals surface area contributed by atoms with Crippen LogP contribution in [0.25, 0.3) is 10.7 Å². The maximum atomic E-state index is 12.7. The summed E-state index contributed by atoms with van der Waals surface area (Å²) in [4.78, 5) is 20.2. The van der Waals surface area contributed by atoms with E-state index in [2.05, 4.69) is 29.0 Å². The third kappa shape index (κ3) is 3.95. The summed E-state index contributed by atoms with van der Waals surface area (Å²) < 4.78 is 0. The maximum absolute atomic E-state index is 12.7. The van der Waals surface area contributed by atoms with Crippen molar-refractivity contribution in [3.8, 4) is 10.7 Å². The van der Waals surface area contributed by atoms with Gasteiger partial charge in [0.1, 0.15) is 0 Å². The summed E-state index contributed by atoms with van der Waals surface area (Å²) in [5, 5.41) is 9.66. The van der Waals surface area contributed by atoms with Crippen LogP contribution < -0.4 is 0 Å². The number of thiophene rings is 1. The van der Waals surface area contributed by atoms with Crippen LogP contribution in [0.3, 0.4) is 0 Å². The predicted octanol–water partition coefficient (Wildman–Crippen LogP) is 3.52. The standard InChI is InChI=1S/C16H22N4OS2/c1-10-7-11(2)9-20(8-10)15(21)12(3)23-16-17-14(18-19-16)13-5-4-6-22-13/h4-6,10-12H,7-9H2,1-3H3,(H,17,18,19). The van der Waals surface area contributed by atoms with Gasteiger partial charge in [-0.1, -0.05) is 31.7 Å². The van der Waals surface area contributed by atoms with Gasteiger partial charge in [0.2, 0.25) is 11.1 Å². The molecule has 0 aromatic carbocycles. The number of aromatic nitrogens is 3. The molecule has 2 aromatic heterocycles. The number of hydrogen-bond acceptors (Lipinski definition) is 5. The van der Waals surface area contributed by atoms with Gasteiger partial charge >= 0.3 is 0 Å². The Kier molecular flexibility index (Phi) is 5.06. The van der Waals surface area contributed by atoms with Crippen LogP contribution in [-0.2, 0) is 4.79 Å². The lowest BCUT2D eigenvalue weighted by Gasteiger charge is -2.36. The number of carbonyl (C=O) groups excluding carboxylic acids is 1. The highest BCUT2D eigenvalue weighted by atomic mass is 32.2. The van der Waals surface area contributed by atoms with Crippen molar-refractivity contribution in [1.82, 2.24) is 20.1 Å². The average Bonchev–Trinajstić information content (AvgIpc) is 3.15. The molecule has 3 heterocycles. The molecule has 124 valence electrons. The van der Waals surface area contributed by atoms with Gasteiger partial charge in [-0.2, -0.15) is 0 Å². The Morgan fingerprint density at radius 2 is 2.17 bits per heavy atom. The molecule has 1 saturated heterocycles. The van der Waals surface area contributed by atoms with Crippen LogP contribution in [0.15, 0.2) is 22.7 Å². The van der Waals surface area contributed by atoms with Crippen molar-refractivity contribution in [2.75, 3.05) is 13.1 Å². The summed E-state index contributed by atoms with van der Waals surface area (Å²) in [6.07, 6.45) is 1.20. The van der Waals surface area contributed by atoms with Crippen LogP contribution in [0.1, 0.15) is 27.2 Å². The highest BCUT2D eigenvalue weighted by Crippen LogP contribution is 2.28. The van der Waals surface area contributed by atoms with Gasteiger partial charge in [0.25, 0.3) is 0 Å². The van der Waals surface area contributed by atoms with Crippen LogP contribution in [0.2, 0.25) is 0 Å². The fraction of sp³-hybridized carbons (Fsp3) is 0.562. The van der Waals surface area contributed by atoms with Gasteiger partial charge in [0.15, 0.2) is 5.82 Å². The Labute approximate surface area is 144 Å². The molecular formula is C16H22N4OS2. The van der Waals surface area contributed by atoms with E-state index in [0.29, 0.717) is 17.0 Å². The third-order valence-electron chi connectivity index (χ3n) is 4.03. The number of H-pyrrole nitrogens is 1. The van der Waals surface area contributed by atoms with E-state index >= 15 is 0 Å². The zero-order valence-electron chi connectivity index (χ0n) is 13.7. The lowest BCUT2D eigenvalue weighted by Crippen LogP contribution is -2.45. The minimum atomic E-state index is -0.167. The van der Waals surface area contributed by atoms with Crippen LogP contribution in [0.4, 0.5) is 0 Å². The van der Waals surface area contributed by atoms with Crippen molar-refractivity contribution in [3.63, 3.8) is 0 Å². The number of piperidine rings is 1. The number of carbonyl (C=O) groups is 1. The van der Waals surface area contributed by atoms with E-state index in [4.69, 9.17) is 0 Å². The molecule has 1 N–H and O–H groups in total. The molecule has 0 radical (unpaired) electrons. The zero-order valence-corrected chi connectivity index (χ0v) is 15.3. The minimum Gasteiger partial charge on any atom is -0.341 e. The Morgan fingerprint density at radius 1 is 1.43 bits per heavy atom. The molecule has 3 atom stereocenters. The van der Waals surface area contributed by atoms with Gasteiger partial charge in [-0.25, -0.2) is 4.98 Å². The number of nitrogens with one attached hydrogen (secondary N) is 1. The molecule has 3 rings (SSSR count). The second-order valence-electron chi connectivity index (χ2n) is 6.39. The molecule has 1 fully saturated rings. The fourth-order valence-corrected chi connectivity index (χ4v) is 4.60. The quantitative estimate of drug-likeness (QED) is 0.857. The summed E-state index contributed by atoms with van der Waals surface area (Å²) in [5.74, 6) is 2.11. The van der Waals surface area contributed by atoms with Crippen molar-refractivity contribution >= 4 is 29.0 Å². The van der Waals surface area contributed by atoms with Gasteiger partial charge < -0.3 is 4.90 Å². The highest BCUT2D eigenvalue weighted by Gasteiger charge is 2.29. The minimum absolute atomic E-state index is 0.167. The molecule has 0 spiro atoms. The molecule has 3 unspecified atom stereocenters. The van der Waals surface area contributed by atoms with Crippen LogP contribution in [0.5, 0.6) is 0 Å². The van der Waals surface area contributed by atoms with E-state index < -0.39 is 0 Å². The number of thioether (sulfide) groups is 1. The first kappa shape index (κ1) is 16.5. The molecule has 0 saturated carbocycles. The number of amides is 1. The molecule has 0 aliphatic carbocycles. The Balaban J connectivity index is 1.62. The van der Waals surface area contributed by atoms with Gasteiger partial charge in [0, 0.05) is 13.1 Å². The normalized spacial score (nSPS) is 23.0. The first-order valence-electron chi connectivity index (χ1n) is 7.94. The molecule has 1 amide bonds. The summed E-state index contributed by atoms with van der Waals surface area (Å²) in [6, 6.07) is 3.99. The van der Waals surface area contributed by atoms with Gasteiger partial charge in [0.05, 0.1) is 10.1 Å². The predicted molar refractivity (Wildman–Crippen MR) is 94.5 cm³/mol. The molecule has 0 bridgehead atoms. The lowest BCUT2D eigenvalue weighted by atomic mass is 9.92. The van der Waals surface area contributed by atoms with E-state index in [1.807, 2.05) is 29.3 Å². The van der Waals surface area contributed by atoms with Gasteiger partial charge in [-0.15, -0.1) is 16.4 Å². The van der Waals surface area contributed by atoms with E-state index in [1.165, 1.54) is 18.2 Å². The summed E-state index contributed by atoms with van der Waals surface area (Å²) in [6.45, 7) is 8.11. The molecule has 23 heavy (non-hydrogen) atoms. The summed E-state index contributed by atoms with van der Waals surface area (Å²) >= 11 is 3.05. The fourth-order valence-electron chi connectivity index (χ4n) is 3.13. The van der Waals surface area contributed by atoms with Crippen molar-refractivity contribution in [2.24, 2.45) is 11.8 Å². The van der Waals surface area contributed by atoms with E-state index in [1.54, 1.807) is 11.3 Å². The molecule has 5 nitrogen and oxygen atoms in total. The van der Waals surface area contributed by atoms with E-state index in [-0.39, 0.29) is 11.2 Å². The molecule has 2 aromatic rings. The van der Waals surface area contributed by atoms with Gasteiger partial charge in [-0.3, -0.25) is 9.89 Å². The van der Waals surface area contributed by atoms with Crippen LogP contribution in [0, 0.1) is 11.8 Å². The average molecular weight is 351 g/mol. The third-order valence-corrected chi connectivity index (χ3v) is 5.86. The van der Waals surface area contributed by atoms with Crippen molar-refractivity contribution in [1.29, 1.82) is 0 Å². The topological polar surface area (TPSA) is 61.9 Å².